The zero-order valence-corrected chi connectivity index (χ0v) is 15.7. The van der Waals surface area contributed by atoms with Gasteiger partial charge in [-0.3, -0.25) is 0 Å². The van der Waals surface area contributed by atoms with E-state index < -0.39 is 0 Å². The van der Waals surface area contributed by atoms with E-state index in [0.717, 1.165) is 43.7 Å². The second-order valence-electron chi connectivity index (χ2n) is 5.81. The summed E-state index contributed by atoms with van der Waals surface area (Å²) in [5, 5.41) is 8.03. The summed E-state index contributed by atoms with van der Waals surface area (Å²) in [5.74, 6) is 0.529. The second kappa shape index (κ2) is 6.86. The summed E-state index contributed by atoms with van der Waals surface area (Å²) in [6.07, 6.45) is 1.51. The van der Waals surface area contributed by atoms with Crippen LogP contribution in [0.25, 0.3) is 31.4 Å². The van der Waals surface area contributed by atoms with Crippen molar-refractivity contribution < 1.29 is 0 Å². The molecule has 5 nitrogen and oxygen atoms in total. The van der Waals surface area contributed by atoms with Crippen LogP contribution in [0.1, 0.15) is 6.92 Å². The summed E-state index contributed by atoms with van der Waals surface area (Å²) in [4.78, 5) is 8.47. The summed E-state index contributed by atoms with van der Waals surface area (Å²) < 4.78 is 2.08. The maximum atomic E-state index is 5.99. The molecular formula is C19H17N5S2. The van der Waals surface area contributed by atoms with Crippen LogP contribution in [0.2, 0.25) is 0 Å². The SMILES string of the molecule is CCNC(=S)Nc1cccc(-c2ccc3c(c2)sc2c(N)ncnc23)c1. The molecule has 0 aliphatic heterocycles. The third-order valence-corrected chi connectivity index (χ3v) is 5.48. The topological polar surface area (TPSA) is 75.9 Å². The molecule has 0 aliphatic rings. The van der Waals surface area contributed by atoms with Crippen molar-refractivity contribution in [1.82, 2.24) is 15.3 Å². The van der Waals surface area contributed by atoms with Crippen LogP contribution in [0, 0.1) is 0 Å². The first-order valence-corrected chi connectivity index (χ1v) is 9.46. The van der Waals surface area contributed by atoms with Crippen LogP contribution in [0.3, 0.4) is 0 Å². The predicted molar refractivity (Wildman–Crippen MR) is 115 cm³/mol. The van der Waals surface area contributed by atoms with E-state index >= 15 is 0 Å². The number of nitrogens with zero attached hydrogens (tertiary/aromatic N) is 2. The Balaban J connectivity index is 1.74. The zero-order valence-electron chi connectivity index (χ0n) is 14.1. The molecule has 0 aliphatic carbocycles. The molecule has 0 radical (unpaired) electrons. The summed E-state index contributed by atoms with van der Waals surface area (Å²) in [6.45, 7) is 2.81. The van der Waals surface area contributed by atoms with Gasteiger partial charge in [0, 0.05) is 22.3 Å². The molecule has 4 rings (SSSR count). The largest absolute Gasteiger partial charge is 0.382 e. The molecule has 4 N–H and O–H groups in total. The van der Waals surface area contributed by atoms with E-state index in [9.17, 15) is 0 Å². The lowest BCUT2D eigenvalue weighted by atomic mass is 10.0. The molecule has 2 aromatic carbocycles. The molecule has 0 bridgehead atoms. The minimum atomic E-state index is 0.529. The van der Waals surface area contributed by atoms with E-state index in [-0.39, 0.29) is 0 Å². The summed E-state index contributed by atoms with van der Waals surface area (Å²) in [5.41, 5.74) is 10.1. The van der Waals surface area contributed by atoms with E-state index in [1.165, 1.54) is 6.33 Å². The maximum Gasteiger partial charge on any atom is 0.170 e. The van der Waals surface area contributed by atoms with Crippen molar-refractivity contribution >= 4 is 60.5 Å². The Bertz CT molecular complexity index is 1120. The van der Waals surface area contributed by atoms with Crippen LogP contribution in [0.5, 0.6) is 0 Å². The molecule has 130 valence electrons. The number of anilines is 2. The minimum Gasteiger partial charge on any atom is -0.382 e. The number of nitrogens with two attached hydrogens (primary N) is 1. The van der Waals surface area contributed by atoms with E-state index in [2.05, 4.69) is 50.9 Å². The van der Waals surface area contributed by atoms with Crippen LogP contribution in [0.15, 0.2) is 48.8 Å². The smallest absolute Gasteiger partial charge is 0.170 e. The number of rotatable bonds is 3. The van der Waals surface area contributed by atoms with Gasteiger partial charge < -0.3 is 16.4 Å². The van der Waals surface area contributed by atoms with Gasteiger partial charge in [-0.05, 0) is 48.5 Å². The van der Waals surface area contributed by atoms with Crippen LogP contribution in [-0.4, -0.2) is 21.6 Å². The van der Waals surface area contributed by atoms with Gasteiger partial charge in [0.1, 0.15) is 12.1 Å². The first kappa shape index (κ1) is 16.7. The van der Waals surface area contributed by atoms with Gasteiger partial charge in [-0.25, -0.2) is 9.97 Å². The number of aromatic nitrogens is 2. The summed E-state index contributed by atoms with van der Waals surface area (Å²) >= 11 is 6.88. The van der Waals surface area contributed by atoms with Gasteiger partial charge in [-0.2, -0.15) is 0 Å². The molecule has 2 aromatic heterocycles. The molecule has 26 heavy (non-hydrogen) atoms. The highest BCUT2D eigenvalue weighted by Crippen LogP contribution is 2.37. The molecule has 0 atom stereocenters. The molecule has 0 saturated heterocycles. The highest BCUT2D eigenvalue weighted by molar-refractivity contribution is 7.80. The Hall–Kier alpha value is -2.77. The highest BCUT2D eigenvalue weighted by Gasteiger charge is 2.10. The van der Waals surface area contributed by atoms with Crippen molar-refractivity contribution in [1.29, 1.82) is 0 Å². The molecule has 0 unspecified atom stereocenters. The second-order valence-corrected chi connectivity index (χ2v) is 7.28. The normalized spacial score (nSPS) is 11.0. The Kier molecular flexibility index (Phi) is 4.40. The monoisotopic (exact) mass is 379 g/mol. The van der Waals surface area contributed by atoms with Crippen LogP contribution < -0.4 is 16.4 Å². The lowest BCUT2D eigenvalue weighted by Crippen LogP contribution is -2.27. The first-order valence-electron chi connectivity index (χ1n) is 8.23. The van der Waals surface area contributed by atoms with Gasteiger partial charge >= 0.3 is 0 Å². The molecular weight excluding hydrogens is 362 g/mol. The van der Waals surface area contributed by atoms with Crippen LogP contribution >= 0.6 is 23.6 Å². The van der Waals surface area contributed by atoms with Crippen molar-refractivity contribution in [3.05, 3.63) is 48.8 Å². The van der Waals surface area contributed by atoms with Crippen molar-refractivity contribution in [2.24, 2.45) is 0 Å². The zero-order chi connectivity index (χ0) is 18.1. The van der Waals surface area contributed by atoms with Crippen LogP contribution in [0.4, 0.5) is 11.5 Å². The Morgan fingerprint density at radius 2 is 2.00 bits per heavy atom. The van der Waals surface area contributed by atoms with Gasteiger partial charge in [0.25, 0.3) is 0 Å². The fourth-order valence-electron chi connectivity index (χ4n) is 2.88. The number of thiocarbonyl (C=S) groups is 1. The minimum absolute atomic E-state index is 0.529. The summed E-state index contributed by atoms with van der Waals surface area (Å²) in [7, 11) is 0. The number of hydrogen-bond acceptors (Lipinski definition) is 5. The third-order valence-electron chi connectivity index (χ3n) is 4.07. The van der Waals surface area contributed by atoms with Crippen LogP contribution in [-0.2, 0) is 0 Å². The molecule has 0 amide bonds. The van der Waals surface area contributed by atoms with E-state index in [4.69, 9.17) is 18.0 Å². The van der Waals surface area contributed by atoms with Gasteiger partial charge in [-0.15, -0.1) is 11.3 Å². The first-order chi connectivity index (χ1) is 12.7. The van der Waals surface area contributed by atoms with Crippen molar-refractivity contribution in [3.63, 3.8) is 0 Å². The highest BCUT2D eigenvalue weighted by atomic mass is 32.1. The quantitative estimate of drug-likeness (QED) is 0.458. The average Bonchev–Trinajstić information content (AvgIpc) is 3.01. The molecule has 7 heteroatoms. The van der Waals surface area contributed by atoms with Gasteiger partial charge in [-0.1, -0.05) is 24.3 Å². The Labute approximate surface area is 160 Å². The van der Waals surface area contributed by atoms with Gasteiger partial charge in [0.05, 0.1) is 10.2 Å². The lowest BCUT2D eigenvalue weighted by molar-refractivity contribution is 0.979. The van der Waals surface area contributed by atoms with E-state index in [1.54, 1.807) is 11.3 Å². The predicted octanol–water partition coefficient (Wildman–Crippen LogP) is 4.40. The number of fused-ring (bicyclic) bond motifs is 3. The number of nitrogens with one attached hydrogen (secondary N) is 2. The average molecular weight is 380 g/mol. The van der Waals surface area contributed by atoms with Gasteiger partial charge in [0.2, 0.25) is 0 Å². The number of benzene rings is 2. The number of thiophene rings is 1. The van der Waals surface area contributed by atoms with Crippen molar-refractivity contribution in [2.75, 3.05) is 17.6 Å². The summed E-state index contributed by atoms with van der Waals surface area (Å²) in [6, 6.07) is 14.6. The molecule has 0 fully saturated rings. The number of hydrogen-bond donors (Lipinski definition) is 3. The van der Waals surface area contributed by atoms with Crippen molar-refractivity contribution in [2.45, 2.75) is 6.92 Å². The fourth-order valence-corrected chi connectivity index (χ4v) is 4.24. The molecule has 4 aromatic rings. The molecule has 2 heterocycles. The standard InChI is InChI=1S/C19H17N5S2/c1-2-21-19(25)24-13-5-3-4-11(8-13)12-6-7-14-15(9-12)26-17-16(14)22-10-23-18(17)20/h3-10H,2H2,1H3,(H2,20,22,23)(H2,21,24,25). The Morgan fingerprint density at radius 1 is 1.15 bits per heavy atom. The van der Waals surface area contributed by atoms with Gasteiger partial charge in [0.15, 0.2) is 5.11 Å². The molecule has 0 saturated carbocycles. The Morgan fingerprint density at radius 3 is 2.85 bits per heavy atom. The van der Waals surface area contributed by atoms with E-state index in [1.807, 2.05) is 19.1 Å². The molecule has 0 spiro atoms. The lowest BCUT2D eigenvalue weighted by Gasteiger charge is -2.10. The third kappa shape index (κ3) is 3.07. The van der Waals surface area contributed by atoms with Crippen molar-refractivity contribution in [3.8, 4) is 11.1 Å². The number of nitrogen functional groups attached to an aromatic ring is 1. The van der Waals surface area contributed by atoms with E-state index in [0.29, 0.717) is 10.9 Å². The fraction of sp³-hybridized carbons (Fsp3) is 0.105. The maximum absolute atomic E-state index is 5.99.